The lowest BCUT2D eigenvalue weighted by Crippen LogP contribution is -2.15. The lowest BCUT2D eigenvalue weighted by atomic mass is 10.4. The van der Waals surface area contributed by atoms with Gasteiger partial charge in [-0.05, 0) is 0 Å². The zero-order chi connectivity index (χ0) is 12.8. The van der Waals surface area contributed by atoms with Crippen molar-refractivity contribution >= 4 is 17.7 Å². The standard InChI is InChI=1S/C9H14N4O4/c1-6(14)17-3-2-16-5-13-4-12-7(8(13)10)9(11)15/h4H,2-3,5,10H2,1H3,(H2,11,15). The molecule has 0 saturated heterocycles. The normalized spacial score (nSPS) is 10.2. The molecule has 1 heterocycles. The fraction of sp³-hybridized carbons (Fsp3) is 0.444. The number of nitrogens with zero attached hydrogens (tertiary/aromatic N) is 2. The fourth-order valence-corrected chi connectivity index (χ4v) is 1.09. The molecule has 94 valence electrons. The minimum absolute atomic E-state index is 0.00795. The quantitative estimate of drug-likeness (QED) is 0.492. The van der Waals surface area contributed by atoms with Crippen molar-refractivity contribution in [1.82, 2.24) is 9.55 Å². The summed E-state index contributed by atoms with van der Waals surface area (Å²) in [5.74, 6) is -0.919. The van der Waals surface area contributed by atoms with Gasteiger partial charge in [-0.25, -0.2) is 4.98 Å². The molecule has 0 spiro atoms. The molecular weight excluding hydrogens is 228 g/mol. The number of ether oxygens (including phenoxy) is 2. The molecule has 0 atom stereocenters. The largest absolute Gasteiger partial charge is 0.463 e. The average Bonchev–Trinajstić information content (AvgIpc) is 2.59. The number of aromatic nitrogens is 2. The Balaban J connectivity index is 2.37. The van der Waals surface area contributed by atoms with Gasteiger partial charge < -0.3 is 20.9 Å². The van der Waals surface area contributed by atoms with E-state index in [1.165, 1.54) is 17.8 Å². The van der Waals surface area contributed by atoms with Gasteiger partial charge in [0.05, 0.1) is 12.9 Å². The highest BCUT2D eigenvalue weighted by molar-refractivity contribution is 5.95. The van der Waals surface area contributed by atoms with E-state index in [4.69, 9.17) is 16.2 Å². The number of amides is 1. The Bertz CT molecular complexity index is 415. The Kier molecular flexibility index (Phi) is 4.46. The lowest BCUT2D eigenvalue weighted by molar-refractivity contribution is -0.142. The van der Waals surface area contributed by atoms with Gasteiger partial charge in [0.2, 0.25) is 0 Å². The van der Waals surface area contributed by atoms with E-state index in [-0.39, 0.29) is 37.4 Å². The Morgan fingerprint density at radius 1 is 1.47 bits per heavy atom. The van der Waals surface area contributed by atoms with E-state index in [1.54, 1.807) is 0 Å². The molecule has 17 heavy (non-hydrogen) atoms. The highest BCUT2D eigenvalue weighted by atomic mass is 16.6. The maximum absolute atomic E-state index is 10.9. The highest BCUT2D eigenvalue weighted by Gasteiger charge is 2.11. The van der Waals surface area contributed by atoms with Crippen LogP contribution in [0.4, 0.5) is 5.82 Å². The minimum Gasteiger partial charge on any atom is -0.463 e. The van der Waals surface area contributed by atoms with Crippen molar-refractivity contribution in [2.45, 2.75) is 13.7 Å². The van der Waals surface area contributed by atoms with Gasteiger partial charge in [0.25, 0.3) is 5.91 Å². The van der Waals surface area contributed by atoms with Crippen LogP contribution in [-0.4, -0.2) is 34.6 Å². The van der Waals surface area contributed by atoms with Gasteiger partial charge in [0, 0.05) is 6.92 Å². The number of imidazole rings is 1. The van der Waals surface area contributed by atoms with E-state index in [1.807, 2.05) is 0 Å². The summed E-state index contributed by atoms with van der Waals surface area (Å²) in [4.78, 5) is 25.0. The Labute approximate surface area is 97.5 Å². The molecule has 0 unspecified atom stereocenters. The van der Waals surface area contributed by atoms with Crippen LogP contribution in [-0.2, 0) is 21.0 Å². The SMILES string of the molecule is CC(=O)OCCOCn1cnc(C(N)=O)c1N. The van der Waals surface area contributed by atoms with Crippen molar-refractivity contribution in [3.63, 3.8) is 0 Å². The first-order valence-electron chi connectivity index (χ1n) is 4.84. The van der Waals surface area contributed by atoms with Crippen molar-refractivity contribution in [3.8, 4) is 0 Å². The number of primary amides is 1. The van der Waals surface area contributed by atoms with E-state index < -0.39 is 5.91 Å². The predicted octanol–water partition coefficient (Wildman–Crippen LogP) is -0.899. The number of nitrogen functional groups attached to an aromatic ring is 1. The van der Waals surface area contributed by atoms with Gasteiger partial charge >= 0.3 is 5.97 Å². The summed E-state index contributed by atoms with van der Waals surface area (Å²) in [5.41, 5.74) is 10.7. The Hall–Kier alpha value is -2.09. The fourth-order valence-electron chi connectivity index (χ4n) is 1.09. The second kappa shape index (κ2) is 5.85. The van der Waals surface area contributed by atoms with Gasteiger partial charge in [0.1, 0.15) is 19.2 Å². The van der Waals surface area contributed by atoms with Crippen LogP contribution in [0, 0.1) is 0 Å². The number of carbonyl (C=O) groups is 2. The molecule has 1 aromatic rings. The van der Waals surface area contributed by atoms with E-state index in [9.17, 15) is 9.59 Å². The van der Waals surface area contributed by atoms with E-state index in [0.29, 0.717) is 0 Å². The summed E-state index contributed by atoms with van der Waals surface area (Å²) in [7, 11) is 0. The molecule has 1 amide bonds. The van der Waals surface area contributed by atoms with Crippen LogP contribution < -0.4 is 11.5 Å². The summed E-state index contributed by atoms with van der Waals surface area (Å²) < 4.78 is 11.2. The first-order chi connectivity index (χ1) is 8.02. The van der Waals surface area contributed by atoms with Gasteiger partial charge in [0.15, 0.2) is 5.69 Å². The zero-order valence-electron chi connectivity index (χ0n) is 9.38. The molecule has 0 aliphatic rings. The molecule has 1 aromatic heterocycles. The molecule has 0 radical (unpaired) electrons. The van der Waals surface area contributed by atoms with E-state index in [2.05, 4.69) is 9.72 Å². The van der Waals surface area contributed by atoms with Crippen LogP contribution >= 0.6 is 0 Å². The molecule has 1 rings (SSSR count). The molecule has 0 aliphatic heterocycles. The zero-order valence-corrected chi connectivity index (χ0v) is 9.38. The van der Waals surface area contributed by atoms with Crippen molar-refractivity contribution in [3.05, 3.63) is 12.0 Å². The highest BCUT2D eigenvalue weighted by Crippen LogP contribution is 2.08. The van der Waals surface area contributed by atoms with Crippen LogP contribution in [0.2, 0.25) is 0 Å². The van der Waals surface area contributed by atoms with Crippen molar-refractivity contribution in [1.29, 1.82) is 0 Å². The number of rotatable bonds is 6. The summed E-state index contributed by atoms with van der Waals surface area (Å²) in [6, 6.07) is 0. The second-order valence-corrected chi connectivity index (χ2v) is 3.19. The molecule has 0 fully saturated rings. The van der Waals surface area contributed by atoms with E-state index in [0.717, 1.165) is 0 Å². The third-order valence-electron chi connectivity index (χ3n) is 1.88. The Morgan fingerprint density at radius 3 is 2.71 bits per heavy atom. The van der Waals surface area contributed by atoms with Crippen LogP contribution in [0.3, 0.4) is 0 Å². The van der Waals surface area contributed by atoms with Crippen LogP contribution in [0.25, 0.3) is 0 Å². The van der Waals surface area contributed by atoms with Crippen LogP contribution in [0.5, 0.6) is 0 Å². The number of hydrogen-bond acceptors (Lipinski definition) is 6. The maximum atomic E-state index is 10.9. The molecule has 8 heteroatoms. The predicted molar refractivity (Wildman–Crippen MR) is 57.7 cm³/mol. The average molecular weight is 242 g/mol. The molecule has 8 nitrogen and oxygen atoms in total. The van der Waals surface area contributed by atoms with Crippen molar-refractivity contribution in [2.75, 3.05) is 18.9 Å². The maximum Gasteiger partial charge on any atom is 0.302 e. The summed E-state index contributed by atoms with van der Waals surface area (Å²) in [6.07, 6.45) is 1.35. The van der Waals surface area contributed by atoms with Gasteiger partial charge in [-0.15, -0.1) is 0 Å². The topological polar surface area (TPSA) is 122 Å². The smallest absolute Gasteiger partial charge is 0.302 e. The molecule has 4 N–H and O–H groups in total. The van der Waals surface area contributed by atoms with Gasteiger partial charge in [-0.3, -0.25) is 14.2 Å². The van der Waals surface area contributed by atoms with Crippen LogP contribution in [0.1, 0.15) is 17.4 Å². The number of carbonyl (C=O) groups excluding carboxylic acids is 2. The first-order valence-corrected chi connectivity index (χ1v) is 4.84. The van der Waals surface area contributed by atoms with Gasteiger partial charge in [-0.2, -0.15) is 0 Å². The van der Waals surface area contributed by atoms with Gasteiger partial charge in [-0.1, -0.05) is 0 Å². The summed E-state index contributed by atoms with van der Waals surface area (Å²) in [6.45, 7) is 1.80. The second-order valence-electron chi connectivity index (χ2n) is 3.19. The van der Waals surface area contributed by atoms with Crippen molar-refractivity contribution in [2.24, 2.45) is 5.73 Å². The number of esters is 1. The molecular formula is C9H14N4O4. The number of nitrogens with two attached hydrogens (primary N) is 2. The number of hydrogen-bond donors (Lipinski definition) is 2. The lowest BCUT2D eigenvalue weighted by Gasteiger charge is -2.06. The Morgan fingerprint density at radius 2 is 2.18 bits per heavy atom. The van der Waals surface area contributed by atoms with Crippen LogP contribution in [0.15, 0.2) is 6.33 Å². The number of anilines is 1. The van der Waals surface area contributed by atoms with Crippen molar-refractivity contribution < 1.29 is 19.1 Å². The first kappa shape index (κ1) is 13.0. The van der Waals surface area contributed by atoms with E-state index >= 15 is 0 Å². The third kappa shape index (κ3) is 3.76. The summed E-state index contributed by atoms with van der Waals surface area (Å²) in [5, 5.41) is 0. The third-order valence-corrected chi connectivity index (χ3v) is 1.88. The molecule has 0 aromatic carbocycles. The monoisotopic (exact) mass is 242 g/mol. The molecule has 0 aliphatic carbocycles. The summed E-state index contributed by atoms with van der Waals surface area (Å²) >= 11 is 0. The molecule has 0 saturated carbocycles. The minimum atomic E-state index is -0.693. The molecule has 0 bridgehead atoms.